The number of aliphatic carboxylic acids is 1. The molecular weight excluding hydrogens is 276 g/mol. The highest BCUT2D eigenvalue weighted by Crippen LogP contribution is 2.36. The fourth-order valence-corrected chi connectivity index (χ4v) is 3.36. The van der Waals surface area contributed by atoms with Crippen molar-refractivity contribution in [3.63, 3.8) is 0 Å². The van der Waals surface area contributed by atoms with Gasteiger partial charge in [0.2, 0.25) is 0 Å². The Morgan fingerprint density at radius 2 is 2.35 bits per heavy atom. The minimum atomic E-state index is -0.698. The van der Waals surface area contributed by atoms with Crippen molar-refractivity contribution in [2.24, 2.45) is 5.41 Å². The number of likely N-dealkylation sites (tertiary alicyclic amines) is 1. The molecule has 110 valence electrons. The smallest absolute Gasteiger partial charge is 0.310 e. The number of nitrogens with zero attached hydrogens (tertiary/aromatic N) is 2. The maximum absolute atomic E-state index is 11.5. The van der Waals surface area contributed by atoms with Crippen LogP contribution in [0, 0.1) is 5.41 Å². The van der Waals surface area contributed by atoms with Crippen LogP contribution in [0.25, 0.3) is 0 Å². The van der Waals surface area contributed by atoms with Gasteiger partial charge in [-0.2, -0.15) is 0 Å². The number of hydrogen-bond donors (Lipinski definition) is 1. The zero-order chi connectivity index (χ0) is 14.6. The second-order valence-electron chi connectivity index (χ2n) is 5.15. The summed E-state index contributed by atoms with van der Waals surface area (Å²) in [6.45, 7) is 6.08. The van der Waals surface area contributed by atoms with Crippen LogP contribution in [0.2, 0.25) is 0 Å². The van der Waals surface area contributed by atoms with Gasteiger partial charge in [-0.3, -0.25) is 9.69 Å². The molecule has 0 aliphatic carbocycles. The van der Waals surface area contributed by atoms with Gasteiger partial charge in [-0.1, -0.05) is 17.4 Å². The van der Waals surface area contributed by atoms with Crippen molar-refractivity contribution in [1.29, 1.82) is 0 Å². The molecule has 5 nitrogen and oxygen atoms in total. The first-order valence-electron chi connectivity index (χ1n) is 6.65. The van der Waals surface area contributed by atoms with Gasteiger partial charge in [-0.15, -0.1) is 6.58 Å². The molecule has 2 heterocycles. The lowest BCUT2D eigenvalue weighted by molar-refractivity contribution is -0.152. The van der Waals surface area contributed by atoms with Crippen LogP contribution in [0.3, 0.4) is 0 Å². The number of ether oxygens (including phenoxy) is 1. The number of allylic oxidation sites excluding steroid dienone is 1. The van der Waals surface area contributed by atoms with E-state index in [0.29, 0.717) is 24.5 Å². The first-order chi connectivity index (χ1) is 9.59. The maximum atomic E-state index is 11.5. The van der Waals surface area contributed by atoms with E-state index in [1.807, 2.05) is 6.20 Å². The molecule has 1 N–H and O–H groups in total. The van der Waals surface area contributed by atoms with E-state index in [-0.39, 0.29) is 0 Å². The molecular formula is C14H20N2O3S. The second kappa shape index (κ2) is 6.37. The Balaban J connectivity index is 1.93. The molecule has 20 heavy (non-hydrogen) atoms. The molecule has 1 aromatic heterocycles. The summed E-state index contributed by atoms with van der Waals surface area (Å²) in [4.78, 5) is 19.1. The second-order valence-corrected chi connectivity index (χ2v) is 6.23. The highest BCUT2D eigenvalue weighted by atomic mass is 32.1. The van der Waals surface area contributed by atoms with E-state index in [1.54, 1.807) is 13.2 Å². The number of carboxylic acids is 1. The van der Waals surface area contributed by atoms with E-state index in [9.17, 15) is 9.90 Å². The molecule has 0 aromatic carbocycles. The van der Waals surface area contributed by atoms with Crippen LogP contribution < -0.4 is 4.74 Å². The van der Waals surface area contributed by atoms with E-state index in [4.69, 9.17) is 4.74 Å². The molecule has 0 radical (unpaired) electrons. The predicted molar refractivity (Wildman–Crippen MR) is 78.1 cm³/mol. The lowest BCUT2D eigenvalue weighted by Gasteiger charge is -2.38. The SMILES string of the molecule is C=CCC1(C(=O)O)CCN(Cc2cnc(OC)s2)CC1. The largest absolute Gasteiger partial charge is 0.481 e. The third kappa shape index (κ3) is 3.19. The summed E-state index contributed by atoms with van der Waals surface area (Å²) < 4.78 is 5.08. The summed E-state index contributed by atoms with van der Waals surface area (Å²) in [7, 11) is 1.61. The molecule has 2 rings (SSSR count). The van der Waals surface area contributed by atoms with Crippen molar-refractivity contribution in [3.05, 3.63) is 23.7 Å². The number of hydrogen-bond acceptors (Lipinski definition) is 5. The van der Waals surface area contributed by atoms with Gasteiger partial charge < -0.3 is 9.84 Å². The molecule has 0 unspecified atom stereocenters. The first-order valence-corrected chi connectivity index (χ1v) is 7.46. The molecule has 1 aliphatic rings. The summed E-state index contributed by atoms with van der Waals surface area (Å²) in [6.07, 6.45) is 5.43. The van der Waals surface area contributed by atoms with Crippen molar-refractivity contribution >= 4 is 17.3 Å². The van der Waals surface area contributed by atoms with Crippen molar-refractivity contribution < 1.29 is 14.6 Å². The number of rotatable bonds is 6. The Morgan fingerprint density at radius 1 is 1.65 bits per heavy atom. The zero-order valence-electron chi connectivity index (χ0n) is 11.7. The Morgan fingerprint density at radius 3 is 2.85 bits per heavy atom. The molecule has 1 aliphatic heterocycles. The van der Waals surface area contributed by atoms with Crippen molar-refractivity contribution in [2.75, 3.05) is 20.2 Å². The number of carboxylic acid groups (broad SMARTS) is 1. The van der Waals surface area contributed by atoms with Crippen LogP contribution in [0.15, 0.2) is 18.9 Å². The first kappa shape index (κ1) is 15.0. The fourth-order valence-electron chi connectivity index (χ4n) is 2.60. The minimum absolute atomic E-state index is 0.546. The van der Waals surface area contributed by atoms with Crippen molar-refractivity contribution in [2.45, 2.75) is 25.8 Å². The highest BCUT2D eigenvalue weighted by Gasteiger charge is 2.40. The van der Waals surface area contributed by atoms with Gasteiger partial charge in [-0.25, -0.2) is 4.98 Å². The summed E-state index contributed by atoms with van der Waals surface area (Å²) in [6, 6.07) is 0. The molecule has 1 aromatic rings. The molecule has 6 heteroatoms. The van der Waals surface area contributed by atoms with E-state index >= 15 is 0 Å². The number of piperidine rings is 1. The Bertz CT molecular complexity index is 479. The summed E-state index contributed by atoms with van der Waals surface area (Å²) in [5, 5.41) is 10.1. The van der Waals surface area contributed by atoms with Crippen LogP contribution in [0.5, 0.6) is 5.19 Å². The van der Waals surface area contributed by atoms with Crippen LogP contribution in [0.4, 0.5) is 0 Å². The molecule has 0 atom stereocenters. The van der Waals surface area contributed by atoms with Crippen LogP contribution >= 0.6 is 11.3 Å². The van der Waals surface area contributed by atoms with Crippen LogP contribution in [-0.2, 0) is 11.3 Å². The molecule has 0 amide bonds. The van der Waals surface area contributed by atoms with Gasteiger partial charge in [0.05, 0.1) is 12.5 Å². The molecule has 1 saturated heterocycles. The molecule has 0 spiro atoms. The Hall–Kier alpha value is -1.40. The number of aromatic nitrogens is 1. The standard InChI is InChI=1S/C14H20N2O3S/c1-3-4-14(12(17)18)5-7-16(8-6-14)10-11-9-15-13(19-2)20-11/h3,9H,1,4-8,10H2,2H3,(H,17,18). The highest BCUT2D eigenvalue weighted by molar-refractivity contribution is 7.13. The average Bonchev–Trinajstić information content (AvgIpc) is 2.89. The monoisotopic (exact) mass is 296 g/mol. The fraction of sp³-hybridized carbons (Fsp3) is 0.571. The van der Waals surface area contributed by atoms with Crippen molar-refractivity contribution in [1.82, 2.24) is 9.88 Å². The van der Waals surface area contributed by atoms with Gasteiger partial charge in [0.15, 0.2) is 0 Å². The minimum Gasteiger partial charge on any atom is -0.481 e. The predicted octanol–water partition coefficient (Wildman–Crippen LogP) is 2.39. The maximum Gasteiger partial charge on any atom is 0.310 e. The Kier molecular flexibility index (Phi) is 4.77. The molecule has 1 fully saturated rings. The Labute approximate surface area is 122 Å². The number of carbonyl (C=O) groups is 1. The van der Waals surface area contributed by atoms with E-state index in [0.717, 1.165) is 24.5 Å². The van der Waals surface area contributed by atoms with Gasteiger partial charge in [-0.05, 0) is 32.4 Å². The van der Waals surface area contributed by atoms with E-state index < -0.39 is 11.4 Å². The number of methoxy groups -OCH3 is 1. The molecule has 0 saturated carbocycles. The van der Waals surface area contributed by atoms with E-state index in [1.165, 1.54) is 11.3 Å². The molecule has 0 bridgehead atoms. The normalized spacial score (nSPS) is 18.6. The summed E-state index contributed by atoms with van der Waals surface area (Å²) in [5.74, 6) is -0.698. The van der Waals surface area contributed by atoms with Crippen LogP contribution in [0.1, 0.15) is 24.1 Å². The third-order valence-electron chi connectivity index (χ3n) is 3.89. The van der Waals surface area contributed by atoms with Gasteiger partial charge >= 0.3 is 5.97 Å². The van der Waals surface area contributed by atoms with Crippen LogP contribution in [-0.4, -0.2) is 41.2 Å². The van der Waals surface area contributed by atoms with Gasteiger partial charge in [0, 0.05) is 17.6 Å². The average molecular weight is 296 g/mol. The summed E-state index contributed by atoms with van der Waals surface area (Å²) in [5.41, 5.74) is -0.621. The lowest BCUT2D eigenvalue weighted by Crippen LogP contribution is -2.43. The zero-order valence-corrected chi connectivity index (χ0v) is 12.5. The van der Waals surface area contributed by atoms with Crippen molar-refractivity contribution in [3.8, 4) is 5.19 Å². The lowest BCUT2D eigenvalue weighted by atomic mass is 9.76. The quantitative estimate of drug-likeness (QED) is 0.817. The van der Waals surface area contributed by atoms with E-state index in [2.05, 4.69) is 16.5 Å². The summed E-state index contributed by atoms with van der Waals surface area (Å²) >= 11 is 1.54. The number of thiazole rings is 1. The van der Waals surface area contributed by atoms with Gasteiger partial charge in [0.25, 0.3) is 5.19 Å². The van der Waals surface area contributed by atoms with Gasteiger partial charge in [0.1, 0.15) is 0 Å². The topological polar surface area (TPSA) is 62.7 Å². The third-order valence-corrected chi connectivity index (χ3v) is 4.83.